The summed E-state index contributed by atoms with van der Waals surface area (Å²) in [5.74, 6) is 0.00380. The molecule has 0 radical (unpaired) electrons. The SMILES string of the molecule is Cc1nc2c(N)nc(=O)n([C@H]3C[C@H](O)[C@@H](CO)O3)c2nc1C. The number of anilines is 1. The number of aliphatic hydroxyl groups is 2. The van der Waals surface area contributed by atoms with Gasteiger partial charge in [-0.2, -0.15) is 4.98 Å². The molecular formula is C13H17N5O4. The van der Waals surface area contributed by atoms with Crippen LogP contribution in [0.25, 0.3) is 11.2 Å². The minimum atomic E-state index is -0.867. The van der Waals surface area contributed by atoms with E-state index in [0.29, 0.717) is 16.9 Å². The highest BCUT2D eigenvalue weighted by atomic mass is 16.5. The number of aromatic nitrogens is 4. The van der Waals surface area contributed by atoms with Gasteiger partial charge < -0.3 is 20.7 Å². The van der Waals surface area contributed by atoms with E-state index in [-0.39, 0.29) is 24.5 Å². The van der Waals surface area contributed by atoms with E-state index in [1.54, 1.807) is 13.8 Å². The number of hydrogen-bond donors (Lipinski definition) is 3. The molecule has 3 heterocycles. The molecule has 0 spiro atoms. The molecule has 0 unspecified atom stereocenters. The van der Waals surface area contributed by atoms with Gasteiger partial charge in [-0.3, -0.25) is 0 Å². The van der Waals surface area contributed by atoms with Crippen molar-refractivity contribution < 1.29 is 14.9 Å². The molecule has 118 valence electrons. The van der Waals surface area contributed by atoms with Gasteiger partial charge >= 0.3 is 5.69 Å². The van der Waals surface area contributed by atoms with Gasteiger partial charge in [-0.25, -0.2) is 19.3 Å². The molecule has 0 amide bonds. The zero-order chi connectivity index (χ0) is 16.0. The summed E-state index contributed by atoms with van der Waals surface area (Å²) in [4.78, 5) is 24.7. The van der Waals surface area contributed by atoms with Crippen LogP contribution in [0.1, 0.15) is 24.0 Å². The molecule has 1 saturated heterocycles. The molecule has 2 aromatic heterocycles. The summed E-state index contributed by atoms with van der Waals surface area (Å²) in [5.41, 5.74) is 7.06. The first-order valence-electron chi connectivity index (χ1n) is 6.89. The Hall–Kier alpha value is -2.10. The van der Waals surface area contributed by atoms with Gasteiger partial charge in [0.1, 0.15) is 17.8 Å². The lowest BCUT2D eigenvalue weighted by atomic mass is 10.2. The lowest BCUT2D eigenvalue weighted by Crippen LogP contribution is -2.30. The molecular weight excluding hydrogens is 290 g/mol. The van der Waals surface area contributed by atoms with E-state index in [1.165, 1.54) is 4.57 Å². The van der Waals surface area contributed by atoms with E-state index in [0.717, 1.165) is 0 Å². The van der Waals surface area contributed by atoms with Crippen molar-refractivity contribution in [3.63, 3.8) is 0 Å². The quantitative estimate of drug-likeness (QED) is 0.644. The Bertz CT molecular complexity index is 790. The van der Waals surface area contributed by atoms with Crippen molar-refractivity contribution >= 4 is 17.0 Å². The van der Waals surface area contributed by atoms with Crippen LogP contribution in [0.15, 0.2) is 4.79 Å². The molecule has 22 heavy (non-hydrogen) atoms. The molecule has 2 aromatic rings. The second kappa shape index (κ2) is 5.27. The molecule has 1 aliphatic heterocycles. The topological polar surface area (TPSA) is 136 Å². The van der Waals surface area contributed by atoms with E-state index in [2.05, 4.69) is 15.0 Å². The van der Waals surface area contributed by atoms with E-state index in [4.69, 9.17) is 10.5 Å². The van der Waals surface area contributed by atoms with Crippen molar-refractivity contribution in [2.75, 3.05) is 12.3 Å². The predicted octanol–water partition coefficient (Wildman–Crippen LogP) is -0.974. The number of rotatable bonds is 2. The maximum absolute atomic E-state index is 12.2. The lowest BCUT2D eigenvalue weighted by molar-refractivity contribution is -0.0445. The first kappa shape index (κ1) is 14.8. The minimum absolute atomic E-state index is 0.00380. The van der Waals surface area contributed by atoms with Crippen molar-refractivity contribution in [1.82, 2.24) is 19.5 Å². The second-order valence-corrected chi connectivity index (χ2v) is 5.33. The highest BCUT2D eigenvalue weighted by molar-refractivity contribution is 5.81. The fourth-order valence-corrected chi connectivity index (χ4v) is 2.53. The molecule has 0 aliphatic carbocycles. The average Bonchev–Trinajstić information content (AvgIpc) is 2.82. The number of nitrogens with zero attached hydrogens (tertiary/aromatic N) is 4. The van der Waals surface area contributed by atoms with Crippen LogP contribution >= 0.6 is 0 Å². The van der Waals surface area contributed by atoms with Crippen LogP contribution in [0, 0.1) is 13.8 Å². The van der Waals surface area contributed by atoms with Gasteiger partial charge in [0.25, 0.3) is 0 Å². The number of aryl methyl sites for hydroxylation is 2. The smallest absolute Gasteiger partial charge is 0.353 e. The van der Waals surface area contributed by atoms with Gasteiger partial charge in [-0.1, -0.05) is 0 Å². The maximum atomic E-state index is 12.2. The van der Waals surface area contributed by atoms with Gasteiger partial charge in [0.2, 0.25) is 0 Å². The van der Waals surface area contributed by atoms with Crippen molar-refractivity contribution in [2.45, 2.75) is 38.7 Å². The summed E-state index contributed by atoms with van der Waals surface area (Å²) in [7, 11) is 0. The Labute approximate surface area is 125 Å². The molecule has 3 rings (SSSR count). The number of nitrogen functional groups attached to an aromatic ring is 1. The van der Waals surface area contributed by atoms with Gasteiger partial charge in [0, 0.05) is 6.42 Å². The number of hydrogen-bond acceptors (Lipinski definition) is 8. The molecule has 9 heteroatoms. The lowest BCUT2D eigenvalue weighted by Gasteiger charge is -2.17. The van der Waals surface area contributed by atoms with Crippen LogP contribution < -0.4 is 11.4 Å². The third-order valence-electron chi connectivity index (χ3n) is 3.85. The summed E-state index contributed by atoms with van der Waals surface area (Å²) in [5, 5.41) is 19.0. The molecule has 0 saturated carbocycles. The molecule has 4 N–H and O–H groups in total. The van der Waals surface area contributed by atoms with Gasteiger partial charge in [-0.05, 0) is 13.8 Å². The van der Waals surface area contributed by atoms with Crippen molar-refractivity contribution in [1.29, 1.82) is 0 Å². The van der Waals surface area contributed by atoms with Crippen LogP contribution in [0.4, 0.5) is 5.82 Å². The highest BCUT2D eigenvalue weighted by Gasteiger charge is 2.36. The number of aliphatic hydroxyl groups excluding tert-OH is 2. The van der Waals surface area contributed by atoms with Crippen LogP contribution in [-0.2, 0) is 4.74 Å². The Morgan fingerprint density at radius 2 is 2.00 bits per heavy atom. The molecule has 0 aromatic carbocycles. The first-order valence-corrected chi connectivity index (χ1v) is 6.89. The maximum Gasteiger partial charge on any atom is 0.353 e. The number of nitrogens with two attached hydrogens (primary N) is 1. The first-order chi connectivity index (χ1) is 10.4. The molecule has 0 bridgehead atoms. The third kappa shape index (κ3) is 2.23. The van der Waals surface area contributed by atoms with Crippen LogP contribution in [-0.4, -0.2) is 48.5 Å². The van der Waals surface area contributed by atoms with Crippen molar-refractivity contribution in [3.8, 4) is 0 Å². The van der Waals surface area contributed by atoms with E-state index in [9.17, 15) is 15.0 Å². The minimum Gasteiger partial charge on any atom is -0.394 e. The zero-order valence-electron chi connectivity index (χ0n) is 12.2. The Kier molecular flexibility index (Phi) is 3.55. The zero-order valence-corrected chi connectivity index (χ0v) is 12.2. The standard InChI is InChI=1S/C13H17N5O4/c1-5-6(2)16-12-10(15-5)11(14)17-13(21)18(12)9-3-7(20)8(4-19)22-9/h7-9,19-20H,3-4H2,1-2H3,(H2,14,17,21)/t7-,8+,9+/m0/s1. The number of fused-ring (bicyclic) bond motifs is 1. The monoisotopic (exact) mass is 307 g/mol. The molecule has 1 aliphatic rings. The van der Waals surface area contributed by atoms with Crippen molar-refractivity contribution in [2.24, 2.45) is 0 Å². The normalized spacial score (nSPS) is 25.0. The van der Waals surface area contributed by atoms with E-state index >= 15 is 0 Å². The van der Waals surface area contributed by atoms with Crippen LogP contribution in [0.5, 0.6) is 0 Å². The van der Waals surface area contributed by atoms with E-state index in [1.807, 2.05) is 0 Å². The Morgan fingerprint density at radius 3 is 2.64 bits per heavy atom. The Balaban J connectivity index is 2.21. The number of ether oxygens (including phenoxy) is 1. The fourth-order valence-electron chi connectivity index (χ4n) is 2.53. The van der Waals surface area contributed by atoms with Crippen LogP contribution in [0.3, 0.4) is 0 Å². The van der Waals surface area contributed by atoms with Gasteiger partial charge in [0.15, 0.2) is 11.5 Å². The third-order valence-corrected chi connectivity index (χ3v) is 3.85. The highest BCUT2D eigenvalue weighted by Crippen LogP contribution is 2.29. The Morgan fingerprint density at radius 1 is 1.32 bits per heavy atom. The summed E-state index contributed by atoms with van der Waals surface area (Å²) in [6.45, 7) is 3.22. The summed E-state index contributed by atoms with van der Waals surface area (Å²) >= 11 is 0. The summed E-state index contributed by atoms with van der Waals surface area (Å²) < 4.78 is 6.75. The van der Waals surface area contributed by atoms with Crippen molar-refractivity contribution in [3.05, 3.63) is 21.9 Å². The molecule has 1 fully saturated rings. The average molecular weight is 307 g/mol. The van der Waals surface area contributed by atoms with E-state index < -0.39 is 24.1 Å². The summed E-state index contributed by atoms with van der Waals surface area (Å²) in [6, 6.07) is 0. The van der Waals surface area contributed by atoms with Gasteiger partial charge in [-0.15, -0.1) is 0 Å². The predicted molar refractivity (Wildman–Crippen MR) is 77.1 cm³/mol. The van der Waals surface area contributed by atoms with Crippen LogP contribution in [0.2, 0.25) is 0 Å². The molecule has 3 atom stereocenters. The summed E-state index contributed by atoms with van der Waals surface area (Å²) in [6.07, 6.45) is -2.23. The largest absolute Gasteiger partial charge is 0.394 e. The van der Waals surface area contributed by atoms with Gasteiger partial charge in [0.05, 0.1) is 24.1 Å². The fraction of sp³-hybridized carbons (Fsp3) is 0.538. The second-order valence-electron chi connectivity index (χ2n) is 5.33. The molecule has 9 nitrogen and oxygen atoms in total.